The van der Waals surface area contributed by atoms with E-state index in [4.69, 9.17) is 0 Å². The van der Waals surface area contributed by atoms with Crippen LogP contribution in [0.5, 0.6) is 0 Å². The van der Waals surface area contributed by atoms with E-state index in [0.29, 0.717) is 12.4 Å². The topological polar surface area (TPSA) is 75.1 Å². The lowest BCUT2D eigenvalue weighted by atomic mass is 10.0. The number of aromatic nitrogens is 3. The fourth-order valence-corrected chi connectivity index (χ4v) is 2.57. The zero-order valence-corrected chi connectivity index (χ0v) is 14.9. The van der Waals surface area contributed by atoms with Crippen molar-refractivity contribution < 1.29 is 4.79 Å². The molecule has 1 heterocycles. The second kappa shape index (κ2) is 7.92. The van der Waals surface area contributed by atoms with E-state index in [1.807, 2.05) is 28.1 Å². The molecule has 0 saturated heterocycles. The average Bonchev–Trinajstić information content (AvgIpc) is 2.95. The molecule has 2 rings (SSSR count). The Bertz CT molecular complexity index is 664. The maximum absolute atomic E-state index is 12.2. The van der Waals surface area contributed by atoms with Crippen LogP contribution >= 0.6 is 0 Å². The van der Waals surface area contributed by atoms with Gasteiger partial charge in [0.15, 0.2) is 5.82 Å². The minimum atomic E-state index is -0.218. The molecule has 0 unspecified atom stereocenters. The first-order valence-electron chi connectivity index (χ1n) is 7.99. The first-order chi connectivity index (χ1) is 11.4. The molecule has 0 bridgehead atoms. The van der Waals surface area contributed by atoms with Crippen molar-refractivity contribution in [3.8, 4) is 0 Å². The van der Waals surface area contributed by atoms with Crippen LogP contribution in [0.2, 0.25) is 0 Å². The number of likely N-dealkylation sites (N-methyl/N-ethyl adjacent to an activating group) is 1. The van der Waals surface area contributed by atoms with Gasteiger partial charge >= 0.3 is 6.03 Å². The first kappa shape index (κ1) is 17.9. The second-order valence-corrected chi connectivity index (χ2v) is 6.27. The number of carbonyl (C=O) groups is 1. The fraction of sp³-hybridized carbons (Fsp3) is 0.471. The number of amides is 2. The maximum atomic E-state index is 12.2. The molecule has 2 aromatic rings. The second-order valence-electron chi connectivity index (χ2n) is 6.27. The Morgan fingerprint density at radius 3 is 2.50 bits per heavy atom. The molecule has 2 N–H and O–H groups in total. The third-order valence-electron chi connectivity index (χ3n) is 4.02. The summed E-state index contributed by atoms with van der Waals surface area (Å²) in [7, 11) is 5.86. The molecule has 1 aromatic carbocycles. The van der Waals surface area contributed by atoms with Gasteiger partial charge in [-0.2, -0.15) is 0 Å². The Balaban J connectivity index is 1.93. The highest BCUT2D eigenvalue weighted by Gasteiger charge is 2.17. The molecule has 24 heavy (non-hydrogen) atoms. The van der Waals surface area contributed by atoms with Gasteiger partial charge in [0, 0.05) is 13.6 Å². The van der Waals surface area contributed by atoms with Crippen LogP contribution in [0.15, 0.2) is 30.6 Å². The van der Waals surface area contributed by atoms with Gasteiger partial charge in [0.25, 0.3) is 0 Å². The minimum absolute atomic E-state index is 0.112. The molecule has 0 aliphatic carbocycles. The molecule has 1 aromatic heterocycles. The van der Waals surface area contributed by atoms with Crippen LogP contribution in [0.3, 0.4) is 0 Å². The van der Waals surface area contributed by atoms with E-state index in [9.17, 15) is 4.79 Å². The maximum Gasteiger partial charge on any atom is 0.315 e. The molecule has 7 heteroatoms. The predicted octanol–water partition coefficient (Wildman–Crippen LogP) is 1.79. The Morgan fingerprint density at radius 2 is 1.96 bits per heavy atom. The molecule has 0 fully saturated rings. The number of hydrogen-bond acceptors (Lipinski definition) is 4. The number of benzene rings is 1. The summed E-state index contributed by atoms with van der Waals surface area (Å²) >= 11 is 0. The van der Waals surface area contributed by atoms with Crippen molar-refractivity contribution in [2.75, 3.05) is 20.6 Å². The summed E-state index contributed by atoms with van der Waals surface area (Å²) in [6, 6.07) is 8.05. The highest BCUT2D eigenvalue weighted by Crippen LogP contribution is 2.18. The number of hydrogen-bond donors (Lipinski definition) is 2. The van der Waals surface area contributed by atoms with Gasteiger partial charge in [0.05, 0.1) is 12.1 Å². The minimum Gasteiger partial charge on any atom is -0.336 e. The Kier molecular flexibility index (Phi) is 5.92. The van der Waals surface area contributed by atoms with Crippen LogP contribution in [0.1, 0.15) is 36.0 Å². The lowest BCUT2D eigenvalue weighted by molar-refractivity contribution is 0.229. The van der Waals surface area contributed by atoms with Gasteiger partial charge in [-0.25, -0.2) is 4.79 Å². The van der Waals surface area contributed by atoms with E-state index in [1.54, 1.807) is 10.9 Å². The van der Waals surface area contributed by atoms with Gasteiger partial charge < -0.3 is 20.1 Å². The monoisotopic (exact) mass is 330 g/mol. The lowest BCUT2D eigenvalue weighted by Crippen LogP contribution is -2.41. The Morgan fingerprint density at radius 1 is 1.29 bits per heavy atom. The van der Waals surface area contributed by atoms with Crippen LogP contribution in [-0.4, -0.2) is 46.3 Å². The largest absolute Gasteiger partial charge is 0.336 e. The third kappa shape index (κ3) is 4.55. The van der Waals surface area contributed by atoms with Crippen LogP contribution in [-0.2, 0) is 7.05 Å². The van der Waals surface area contributed by atoms with Crippen LogP contribution < -0.4 is 10.6 Å². The van der Waals surface area contributed by atoms with Crippen molar-refractivity contribution >= 4 is 6.03 Å². The highest BCUT2D eigenvalue weighted by atomic mass is 16.2. The van der Waals surface area contributed by atoms with Gasteiger partial charge in [-0.3, -0.25) is 0 Å². The smallest absolute Gasteiger partial charge is 0.315 e. The van der Waals surface area contributed by atoms with E-state index < -0.39 is 0 Å². The van der Waals surface area contributed by atoms with Crippen molar-refractivity contribution in [2.45, 2.75) is 25.9 Å². The number of aryl methyl sites for hydroxylation is 2. The number of rotatable bonds is 6. The van der Waals surface area contributed by atoms with Gasteiger partial charge in [-0.1, -0.05) is 29.8 Å². The first-order valence-corrected chi connectivity index (χ1v) is 7.99. The molecule has 0 spiro atoms. The van der Waals surface area contributed by atoms with E-state index in [1.165, 1.54) is 11.1 Å². The molecule has 7 nitrogen and oxygen atoms in total. The van der Waals surface area contributed by atoms with E-state index >= 15 is 0 Å². The molecule has 0 radical (unpaired) electrons. The summed E-state index contributed by atoms with van der Waals surface area (Å²) in [4.78, 5) is 14.3. The quantitative estimate of drug-likeness (QED) is 0.847. The average molecular weight is 330 g/mol. The molecule has 2 amide bonds. The zero-order chi connectivity index (χ0) is 17.7. The van der Waals surface area contributed by atoms with Crippen molar-refractivity contribution in [3.05, 3.63) is 47.5 Å². The summed E-state index contributed by atoms with van der Waals surface area (Å²) in [5.41, 5.74) is 2.40. The molecular formula is C17H26N6O. The summed E-state index contributed by atoms with van der Waals surface area (Å²) in [6.45, 7) is 4.47. The summed E-state index contributed by atoms with van der Waals surface area (Å²) in [5.74, 6) is 0.716. The summed E-state index contributed by atoms with van der Waals surface area (Å²) in [6.07, 6.45) is 1.62. The van der Waals surface area contributed by atoms with E-state index in [2.05, 4.69) is 56.9 Å². The van der Waals surface area contributed by atoms with Crippen molar-refractivity contribution in [1.29, 1.82) is 0 Å². The van der Waals surface area contributed by atoms with E-state index in [-0.39, 0.29) is 18.1 Å². The number of nitrogens with one attached hydrogen (secondary N) is 2. The van der Waals surface area contributed by atoms with Crippen molar-refractivity contribution in [3.63, 3.8) is 0 Å². The van der Waals surface area contributed by atoms with Crippen molar-refractivity contribution in [1.82, 2.24) is 30.3 Å². The number of carbonyl (C=O) groups excluding carboxylic acids is 1. The normalized spacial score (nSPS) is 13.6. The van der Waals surface area contributed by atoms with Crippen LogP contribution in [0.4, 0.5) is 4.79 Å². The Hall–Kier alpha value is -2.41. The molecule has 2 atom stereocenters. The number of nitrogens with zero attached hydrogens (tertiary/aromatic N) is 4. The standard InChI is InChI=1S/C17H26N6O/c1-12-6-8-14(9-7-12)15(22(3)4)10-18-17(24)20-13(2)16-21-19-11-23(16)5/h6-9,11,13,15H,10H2,1-5H3,(H2,18,20,24)/t13-,15+/m1/s1. The van der Waals surface area contributed by atoms with Crippen molar-refractivity contribution in [2.24, 2.45) is 7.05 Å². The third-order valence-corrected chi connectivity index (χ3v) is 4.02. The van der Waals surface area contributed by atoms with Crippen LogP contribution in [0, 0.1) is 6.92 Å². The summed E-state index contributed by atoms with van der Waals surface area (Å²) < 4.78 is 1.79. The molecule has 0 aliphatic heterocycles. The van der Waals surface area contributed by atoms with Gasteiger partial charge in [0.2, 0.25) is 0 Å². The zero-order valence-electron chi connectivity index (χ0n) is 14.9. The van der Waals surface area contributed by atoms with Crippen LogP contribution in [0.25, 0.3) is 0 Å². The molecule has 130 valence electrons. The predicted molar refractivity (Wildman–Crippen MR) is 93.6 cm³/mol. The molecule has 0 saturated carbocycles. The highest BCUT2D eigenvalue weighted by molar-refractivity contribution is 5.74. The van der Waals surface area contributed by atoms with Gasteiger partial charge in [0.1, 0.15) is 6.33 Å². The SMILES string of the molecule is Cc1ccc([C@H](CNC(=O)N[C@H](C)c2nncn2C)N(C)C)cc1. The lowest BCUT2D eigenvalue weighted by Gasteiger charge is -2.25. The summed E-state index contributed by atoms with van der Waals surface area (Å²) in [5, 5.41) is 13.7. The molecule has 0 aliphatic rings. The fourth-order valence-electron chi connectivity index (χ4n) is 2.57. The Labute approximate surface area is 143 Å². The van der Waals surface area contributed by atoms with Gasteiger partial charge in [-0.05, 0) is 33.5 Å². The van der Waals surface area contributed by atoms with E-state index in [0.717, 1.165) is 0 Å². The van der Waals surface area contributed by atoms with Gasteiger partial charge in [-0.15, -0.1) is 10.2 Å². The molecular weight excluding hydrogens is 304 g/mol. The number of urea groups is 1.